The van der Waals surface area contributed by atoms with Gasteiger partial charge in [-0.05, 0) is 23.9 Å². The van der Waals surface area contributed by atoms with E-state index in [-0.39, 0.29) is 24.5 Å². The fourth-order valence-electron chi connectivity index (χ4n) is 2.33. The summed E-state index contributed by atoms with van der Waals surface area (Å²) >= 11 is 1.34. The number of benzene rings is 1. The number of rotatable bonds is 8. The zero-order chi connectivity index (χ0) is 18.2. The Kier molecular flexibility index (Phi) is 6.89. The van der Waals surface area contributed by atoms with Gasteiger partial charge in [0, 0.05) is 20.0 Å². The monoisotopic (exact) mass is 359 g/mol. The van der Waals surface area contributed by atoms with Crippen LogP contribution >= 0.6 is 11.3 Å². The fraction of sp³-hybridized carbons (Fsp3) is 0.316. The highest BCUT2D eigenvalue weighted by molar-refractivity contribution is 7.12. The number of carbonyl (C=O) groups excluding carboxylic acids is 3. The van der Waals surface area contributed by atoms with Crippen LogP contribution < -0.4 is 0 Å². The predicted molar refractivity (Wildman–Crippen MR) is 96.4 cm³/mol. The molecule has 1 aromatic carbocycles. The molecular weight excluding hydrogens is 338 g/mol. The molecule has 0 aliphatic rings. The van der Waals surface area contributed by atoms with Crippen LogP contribution in [0.15, 0.2) is 47.8 Å². The molecule has 0 bridgehead atoms. The second kappa shape index (κ2) is 9.13. The van der Waals surface area contributed by atoms with Gasteiger partial charge in [-0.3, -0.25) is 14.4 Å². The lowest BCUT2D eigenvalue weighted by Crippen LogP contribution is -2.37. The van der Waals surface area contributed by atoms with Crippen molar-refractivity contribution in [2.75, 3.05) is 7.05 Å². The number of esters is 1. The minimum atomic E-state index is -0.877. The zero-order valence-corrected chi connectivity index (χ0v) is 15.1. The van der Waals surface area contributed by atoms with Crippen LogP contribution in [0.2, 0.25) is 0 Å². The summed E-state index contributed by atoms with van der Waals surface area (Å²) in [5.41, 5.74) is 0.999. The average Bonchev–Trinajstić information content (AvgIpc) is 3.14. The van der Waals surface area contributed by atoms with Crippen molar-refractivity contribution < 1.29 is 19.1 Å². The molecule has 0 fully saturated rings. The molecule has 0 saturated carbocycles. The number of likely N-dealkylation sites (N-methyl/N-ethyl adjacent to an activating group) is 1. The summed E-state index contributed by atoms with van der Waals surface area (Å²) in [4.78, 5) is 38.2. The van der Waals surface area contributed by atoms with E-state index in [0.29, 0.717) is 11.4 Å². The first-order valence-electron chi connectivity index (χ1n) is 8.02. The lowest BCUT2D eigenvalue weighted by molar-refractivity contribution is -0.158. The van der Waals surface area contributed by atoms with Crippen molar-refractivity contribution in [3.8, 4) is 0 Å². The molecule has 0 spiro atoms. The molecule has 5 nitrogen and oxygen atoms in total. The fourth-order valence-corrected chi connectivity index (χ4v) is 3.02. The number of amides is 1. The molecular formula is C19H21NO4S. The Morgan fingerprint density at radius 3 is 2.44 bits per heavy atom. The van der Waals surface area contributed by atoms with Gasteiger partial charge in [0.15, 0.2) is 11.9 Å². The molecule has 2 aromatic rings. The zero-order valence-electron chi connectivity index (χ0n) is 14.3. The maximum absolute atomic E-state index is 12.3. The van der Waals surface area contributed by atoms with Crippen molar-refractivity contribution in [1.29, 1.82) is 0 Å². The van der Waals surface area contributed by atoms with Gasteiger partial charge >= 0.3 is 5.97 Å². The van der Waals surface area contributed by atoms with Crippen LogP contribution in [0, 0.1) is 0 Å². The Morgan fingerprint density at radius 2 is 1.80 bits per heavy atom. The number of ketones is 1. The third-order valence-corrected chi connectivity index (χ3v) is 4.56. The van der Waals surface area contributed by atoms with Gasteiger partial charge in [0.2, 0.25) is 0 Å². The first kappa shape index (κ1) is 18.9. The Hall–Kier alpha value is -2.47. The van der Waals surface area contributed by atoms with E-state index in [1.54, 1.807) is 26.1 Å². The predicted octanol–water partition coefficient (Wildman–Crippen LogP) is 3.30. The van der Waals surface area contributed by atoms with E-state index >= 15 is 0 Å². The van der Waals surface area contributed by atoms with Crippen LogP contribution in [-0.4, -0.2) is 35.7 Å². The first-order valence-corrected chi connectivity index (χ1v) is 8.90. The average molecular weight is 359 g/mol. The molecule has 0 radical (unpaired) electrons. The molecule has 1 heterocycles. The molecule has 2 rings (SSSR count). The van der Waals surface area contributed by atoms with E-state index in [1.165, 1.54) is 16.2 Å². The van der Waals surface area contributed by atoms with E-state index in [9.17, 15) is 14.4 Å². The number of carbonyl (C=O) groups is 3. The third-order valence-electron chi connectivity index (χ3n) is 3.65. The van der Waals surface area contributed by atoms with Crippen molar-refractivity contribution in [1.82, 2.24) is 4.90 Å². The Bertz CT molecular complexity index is 712. The SMILES string of the molecule is CC(OC(=O)CCC(=O)c1cccs1)C(=O)N(C)Cc1ccccc1. The van der Waals surface area contributed by atoms with E-state index in [1.807, 2.05) is 35.7 Å². The van der Waals surface area contributed by atoms with Crippen LogP contribution in [-0.2, 0) is 20.9 Å². The number of thiophene rings is 1. The second-order valence-electron chi connectivity index (χ2n) is 5.71. The van der Waals surface area contributed by atoms with Crippen molar-refractivity contribution in [3.63, 3.8) is 0 Å². The highest BCUT2D eigenvalue weighted by atomic mass is 32.1. The van der Waals surface area contributed by atoms with Gasteiger partial charge in [-0.15, -0.1) is 11.3 Å². The molecule has 0 N–H and O–H groups in total. The van der Waals surface area contributed by atoms with Crippen LogP contribution in [0.3, 0.4) is 0 Å². The summed E-state index contributed by atoms with van der Waals surface area (Å²) in [6.45, 7) is 1.99. The van der Waals surface area contributed by atoms with Gasteiger partial charge < -0.3 is 9.64 Å². The van der Waals surface area contributed by atoms with E-state index < -0.39 is 12.1 Å². The van der Waals surface area contributed by atoms with Gasteiger partial charge in [0.1, 0.15) is 0 Å². The smallest absolute Gasteiger partial charge is 0.307 e. The summed E-state index contributed by atoms with van der Waals surface area (Å²) in [7, 11) is 1.67. The normalized spacial score (nSPS) is 11.6. The number of nitrogens with zero attached hydrogens (tertiary/aromatic N) is 1. The van der Waals surface area contributed by atoms with Crippen LogP contribution in [0.1, 0.15) is 35.0 Å². The van der Waals surface area contributed by atoms with Crippen molar-refractivity contribution >= 4 is 29.0 Å². The highest BCUT2D eigenvalue weighted by Crippen LogP contribution is 2.13. The number of hydrogen-bond acceptors (Lipinski definition) is 5. The molecule has 132 valence electrons. The van der Waals surface area contributed by atoms with Crippen molar-refractivity contribution in [2.24, 2.45) is 0 Å². The lowest BCUT2D eigenvalue weighted by Gasteiger charge is -2.21. The molecule has 0 aliphatic carbocycles. The maximum atomic E-state index is 12.3. The number of ether oxygens (including phenoxy) is 1. The molecule has 0 aliphatic heterocycles. The molecule has 1 amide bonds. The van der Waals surface area contributed by atoms with Crippen LogP contribution in [0.4, 0.5) is 0 Å². The second-order valence-corrected chi connectivity index (χ2v) is 6.66. The summed E-state index contributed by atoms with van der Waals surface area (Å²) < 4.78 is 5.16. The molecule has 6 heteroatoms. The summed E-state index contributed by atoms with van der Waals surface area (Å²) in [6, 6.07) is 13.1. The minimum Gasteiger partial charge on any atom is -0.453 e. The largest absolute Gasteiger partial charge is 0.453 e. The standard InChI is InChI=1S/C19H21NO4S/c1-14(19(23)20(2)13-15-7-4-3-5-8-15)24-18(22)11-10-16(21)17-9-6-12-25-17/h3-9,12,14H,10-11,13H2,1-2H3. The molecule has 1 atom stereocenters. The quantitative estimate of drug-likeness (QED) is 0.536. The molecule has 1 unspecified atom stereocenters. The highest BCUT2D eigenvalue weighted by Gasteiger charge is 2.22. The van der Waals surface area contributed by atoms with E-state index in [0.717, 1.165) is 5.56 Å². The third kappa shape index (κ3) is 5.83. The molecule has 25 heavy (non-hydrogen) atoms. The van der Waals surface area contributed by atoms with Crippen LogP contribution in [0.5, 0.6) is 0 Å². The Balaban J connectivity index is 1.77. The Morgan fingerprint density at radius 1 is 1.08 bits per heavy atom. The summed E-state index contributed by atoms with van der Waals surface area (Å²) in [5.74, 6) is -0.909. The lowest BCUT2D eigenvalue weighted by atomic mass is 10.2. The molecule has 0 saturated heterocycles. The minimum absolute atomic E-state index is 0.0310. The van der Waals surface area contributed by atoms with E-state index in [2.05, 4.69) is 0 Å². The maximum Gasteiger partial charge on any atom is 0.307 e. The summed E-state index contributed by atoms with van der Waals surface area (Å²) in [6.07, 6.45) is -0.824. The number of hydrogen-bond donors (Lipinski definition) is 0. The van der Waals surface area contributed by atoms with Crippen molar-refractivity contribution in [3.05, 3.63) is 58.3 Å². The van der Waals surface area contributed by atoms with Gasteiger partial charge in [0.05, 0.1) is 11.3 Å². The Labute approximate surface area is 151 Å². The number of Topliss-reactive ketones (excluding diaryl/α,β-unsaturated/α-hetero) is 1. The summed E-state index contributed by atoms with van der Waals surface area (Å²) in [5, 5.41) is 1.81. The molecule has 1 aromatic heterocycles. The van der Waals surface area contributed by atoms with Crippen LogP contribution in [0.25, 0.3) is 0 Å². The van der Waals surface area contributed by atoms with Gasteiger partial charge in [-0.1, -0.05) is 36.4 Å². The first-order chi connectivity index (χ1) is 12.0. The van der Waals surface area contributed by atoms with Gasteiger partial charge in [0.25, 0.3) is 5.91 Å². The van der Waals surface area contributed by atoms with Gasteiger partial charge in [-0.2, -0.15) is 0 Å². The van der Waals surface area contributed by atoms with E-state index in [4.69, 9.17) is 4.74 Å². The van der Waals surface area contributed by atoms with Crippen molar-refractivity contribution in [2.45, 2.75) is 32.4 Å². The van der Waals surface area contributed by atoms with Gasteiger partial charge in [-0.25, -0.2) is 0 Å². The topological polar surface area (TPSA) is 63.7 Å².